The van der Waals surface area contributed by atoms with Gasteiger partial charge in [0.1, 0.15) is 23.1 Å². The summed E-state index contributed by atoms with van der Waals surface area (Å²) in [5.74, 6) is -1.99. The summed E-state index contributed by atoms with van der Waals surface area (Å²) in [5.41, 5.74) is 0.509. The zero-order valence-electron chi connectivity index (χ0n) is 19.5. The zero-order valence-corrected chi connectivity index (χ0v) is 19.5. The molecule has 6 nitrogen and oxygen atoms in total. The average molecular weight is 448 g/mol. The first-order valence-electron chi connectivity index (χ1n) is 11.1. The Morgan fingerprint density at radius 2 is 1.76 bits per heavy atom. The minimum atomic E-state index is -1.34. The molecule has 0 fully saturated rings. The monoisotopic (exact) mass is 447 g/mol. The van der Waals surface area contributed by atoms with Crippen LogP contribution in [0.1, 0.15) is 44.7 Å². The van der Waals surface area contributed by atoms with E-state index in [1.54, 1.807) is 46.1 Å². The van der Waals surface area contributed by atoms with Crippen molar-refractivity contribution < 1.29 is 23.9 Å². The lowest BCUT2D eigenvalue weighted by Gasteiger charge is -2.47. The van der Waals surface area contributed by atoms with Gasteiger partial charge in [-0.3, -0.25) is 14.4 Å². The molecule has 0 aromatic heterocycles. The number of esters is 1. The molecule has 0 saturated heterocycles. The van der Waals surface area contributed by atoms with Crippen molar-refractivity contribution in [3.8, 4) is 5.75 Å². The molecule has 6 heteroatoms. The van der Waals surface area contributed by atoms with Crippen molar-refractivity contribution in [3.63, 3.8) is 0 Å². The first-order valence-corrected chi connectivity index (χ1v) is 11.1. The van der Waals surface area contributed by atoms with Gasteiger partial charge in [-0.05, 0) is 61.6 Å². The number of para-hydroxylation sites is 1. The van der Waals surface area contributed by atoms with Crippen molar-refractivity contribution in [1.82, 2.24) is 0 Å². The maximum absolute atomic E-state index is 13.9. The molecular formula is C27H29NO5. The van der Waals surface area contributed by atoms with Crippen LogP contribution in [-0.4, -0.2) is 30.9 Å². The van der Waals surface area contributed by atoms with Crippen LogP contribution in [0.25, 0.3) is 0 Å². The molecule has 172 valence electrons. The average Bonchev–Trinajstić information content (AvgIpc) is 3.04. The second-order valence-corrected chi connectivity index (χ2v) is 9.73. The highest BCUT2D eigenvalue weighted by Gasteiger charge is 2.64. The molecule has 2 aromatic carbocycles. The number of carbonyl (C=O) groups excluding carboxylic acids is 3. The fourth-order valence-corrected chi connectivity index (χ4v) is 5.37. The summed E-state index contributed by atoms with van der Waals surface area (Å²) in [5, 5.41) is 2.98. The number of nitrogens with one attached hydrogen (secondary N) is 1. The van der Waals surface area contributed by atoms with Gasteiger partial charge in [0, 0.05) is 11.6 Å². The lowest BCUT2D eigenvalue weighted by molar-refractivity contribution is -0.167. The Morgan fingerprint density at radius 1 is 1.09 bits per heavy atom. The van der Waals surface area contributed by atoms with E-state index in [1.165, 1.54) is 0 Å². The van der Waals surface area contributed by atoms with E-state index >= 15 is 0 Å². The topological polar surface area (TPSA) is 81.7 Å². The molecule has 1 heterocycles. The van der Waals surface area contributed by atoms with Gasteiger partial charge in [0.15, 0.2) is 0 Å². The minimum absolute atomic E-state index is 0.306. The summed E-state index contributed by atoms with van der Waals surface area (Å²) in [6.45, 7) is 7.28. The van der Waals surface area contributed by atoms with Gasteiger partial charge >= 0.3 is 5.97 Å². The van der Waals surface area contributed by atoms with E-state index in [2.05, 4.69) is 5.32 Å². The summed E-state index contributed by atoms with van der Waals surface area (Å²) in [6, 6.07) is 14.7. The highest BCUT2D eigenvalue weighted by Crippen LogP contribution is 2.59. The van der Waals surface area contributed by atoms with E-state index in [-0.39, 0.29) is 5.91 Å². The summed E-state index contributed by atoms with van der Waals surface area (Å²) >= 11 is 0. The van der Waals surface area contributed by atoms with Crippen LogP contribution in [0.4, 0.5) is 5.69 Å². The zero-order chi connectivity index (χ0) is 24.0. The van der Waals surface area contributed by atoms with Gasteiger partial charge in [0.2, 0.25) is 5.91 Å². The van der Waals surface area contributed by atoms with E-state index in [0.717, 1.165) is 11.8 Å². The number of aldehydes is 1. The predicted octanol–water partition coefficient (Wildman–Crippen LogP) is 4.40. The van der Waals surface area contributed by atoms with E-state index in [1.807, 2.05) is 43.3 Å². The van der Waals surface area contributed by atoms with Crippen molar-refractivity contribution in [1.29, 1.82) is 0 Å². The van der Waals surface area contributed by atoms with Crippen LogP contribution in [-0.2, 0) is 24.5 Å². The Hall–Kier alpha value is -3.41. The Kier molecular flexibility index (Phi) is 5.64. The lowest BCUT2D eigenvalue weighted by Crippen LogP contribution is -2.55. The molecule has 33 heavy (non-hydrogen) atoms. The smallest absolute Gasteiger partial charge is 0.311 e. The maximum atomic E-state index is 13.9. The Bertz CT molecular complexity index is 1130. The van der Waals surface area contributed by atoms with Crippen LogP contribution in [0.15, 0.2) is 60.2 Å². The van der Waals surface area contributed by atoms with E-state index in [0.29, 0.717) is 22.6 Å². The van der Waals surface area contributed by atoms with Gasteiger partial charge < -0.3 is 14.8 Å². The van der Waals surface area contributed by atoms with Crippen LogP contribution in [0.5, 0.6) is 5.75 Å². The largest absolute Gasteiger partial charge is 0.497 e. The van der Waals surface area contributed by atoms with E-state index in [4.69, 9.17) is 9.47 Å². The molecule has 1 N–H and O–H groups in total. The number of benzene rings is 2. The third-order valence-corrected chi connectivity index (χ3v) is 6.50. The van der Waals surface area contributed by atoms with E-state index in [9.17, 15) is 14.4 Å². The highest BCUT2D eigenvalue weighted by molar-refractivity contribution is 6.11. The first-order chi connectivity index (χ1) is 15.6. The molecule has 0 saturated carbocycles. The second kappa shape index (κ2) is 8.18. The SMILES string of the molecule is COc1ccc([C@H]2C(C=O)=C[C@H](C)[C@@H](C(=O)OC(C)(C)C)[C@@]23C(=O)Nc2ccccc23)cc1. The quantitative estimate of drug-likeness (QED) is 0.555. The fraction of sp³-hybridized carbons (Fsp3) is 0.370. The minimum Gasteiger partial charge on any atom is -0.497 e. The van der Waals surface area contributed by atoms with Crippen molar-refractivity contribution in [2.75, 3.05) is 12.4 Å². The molecule has 1 aliphatic heterocycles. The molecule has 0 unspecified atom stereocenters. The maximum Gasteiger partial charge on any atom is 0.311 e. The number of amides is 1. The Labute approximate surface area is 194 Å². The number of anilines is 1. The Balaban J connectivity index is 2.02. The van der Waals surface area contributed by atoms with Crippen LogP contribution in [0.2, 0.25) is 0 Å². The molecular weight excluding hydrogens is 418 g/mol. The molecule has 2 aromatic rings. The number of methoxy groups -OCH3 is 1. The van der Waals surface area contributed by atoms with Crippen LogP contribution >= 0.6 is 0 Å². The first kappa shape index (κ1) is 22.8. The number of fused-ring (bicyclic) bond motifs is 2. The number of ether oxygens (including phenoxy) is 2. The molecule has 0 radical (unpaired) electrons. The number of hydrogen-bond acceptors (Lipinski definition) is 5. The van der Waals surface area contributed by atoms with Gasteiger partial charge in [0.05, 0.1) is 13.0 Å². The van der Waals surface area contributed by atoms with E-state index < -0.39 is 34.7 Å². The van der Waals surface area contributed by atoms with Gasteiger partial charge in [0.25, 0.3) is 0 Å². The van der Waals surface area contributed by atoms with Crippen molar-refractivity contribution >= 4 is 23.9 Å². The van der Waals surface area contributed by atoms with Crippen LogP contribution in [0.3, 0.4) is 0 Å². The number of allylic oxidation sites excluding steroid dienone is 2. The van der Waals surface area contributed by atoms with Crippen molar-refractivity contribution in [2.24, 2.45) is 11.8 Å². The molecule has 1 amide bonds. The third kappa shape index (κ3) is 3.63. The van der Waals surface area contributed by atoms with Gasteiger partial charge in [-0.2, -0.15) is 0 Å². The van der Waals surface area contributed by atoms with Gasteiger partial charge in [-0.1, -0.05) is 43.3 Å². The standard InChI is InChI=1S/C27H29NO5/c1-16-14-18(15-29)23(17-10-12-19(32-5)13-11-17)27(22(16)24(30)33-26(2,3)4)20-8-6-7-9-21(20)28-25(27)31/h6-16,22-23H,1-5H3,(H,28,31)/t16-,22-,23-,27+/m0/s1. The Morgan fingerprint density at radius 3 is 2.36 bits per heavy atom. The van der Waals surface area contributed by atoms with Crippen LogP contribution in [0, 0.1) is 11.8 Å². The molecule has 1 aliphatic carbocycles. The number of hydrogen-bond donors (Lipinski definition) is 1. The predicted molar refractivity (Wildman–Crippen MR) is 125 cm³/mol. The normalized spacial score (nSPS) is 26.3. The van der Waals surface area contributed by atoms with Crippen molar-refractivity contribution in [3.05, 3.63) is 71.3 Å². The summed E-state index contributed by atoms with van der Waals surface area (Å²) in [4.78, 5) is 39.9. The van der Waals surface area contributed by atoms with Gasteiger partial charge in [-0.15, -0.1) is 0 Å². The molecule has 4 rings (SSSR count). The molecule has 2 aliphatic rings. The van der Waals surface area contributed by atoms with Crippen molar-refractivity contribution in [2.45, 2.75) is 44.6 Å². The summed E-state index contributed by atoms with van der Waals surface area (Å²) < 4.78 is 11.1. The molecule has 1 spiro atoms. The summed E-state index contributed by atoms with van der Waals surface area (Å²) in [7, 11) is 1.58. The van der Waals surface area contributed by atoms with Gasteiger partial charge in [-0.25, -0.2) is 0 Å². The molecule has 0 bridgehead atoms. The molecule has 4 atom stereocenters. The number of carbonyl (C=O) groups is 3. The lowest BCUT2D eigenvalue weighted by atomic mass is 9.53. The highest BCUT2D eigenvalue weighted by atomic mass is 16.6. The third-order valence-electron chi connectivity index (χ3n) is 6.50. The summed E-state index contributed by atoms with van der Waals surface area (Å²) in [6.07, 6.45) is 2.60. The number of rotatable bonds is 4. The fourth-order valence-electron chi connectivity index (χ4n) is 5.37. The van der Waals surface area contributed by atoms with Crippen LogP contribution < -0.4 is 10.1 Å². The second-order valence-electron chi connectivity index (χ2n) is 9.73.